The normalized spacial score (nSPS) is 13.7. The van der Waals surface area contributed by atoms with Gasteiger partial charge < -0.3 is 0 Å². The highest BCUT2D eigenvalue weighted by atomic mass is 32.2. The first-order chi connectivity index (χ1) is 14.2. The van der Waals surface area contributed by atoms with Crippen molar-refractivity contribution in [3.63, 3.8) is 0 Å². The van der Waals surface area contributed by atoms with Crippen molar-refractivity contribution in [3.8, 4) is 22.8 Å². The highest BCUT2D eigenvalue weighted by Crippen LogP contribution is 2.39. The number of nitrogens with zero attached hydrogens (tertiary/aromatic N) is 8. The van der Waals surface area contributed by atoms with E-state index in [2.05, 4.69) is 54.1 Å². The van der Waals surface area contributed by atoms with Crippen LogP contribution in [-0.4, -0.2) is 34.5 Å². The Morgan fingerprint density at radius 2 is 1.69 bits per heavy atom. The van der Waals surface area contributed by atoms with Gasteiger partial charge in [-0.2, -0.15) is 0 Å². The third-order valence-electron chi connectivity index (χ3n) is 4.81. The van der Waals surface area contributed by atoms with Gasteiger partial charge in [0, 0.05) is 48.2 Å². The maximum absolute atomic E-state index is 4.45. The highest BCUT2D eigenvalue weighted by Gasteiger charge is 2.29. The van der Waals surface area contributed by atoms with Gasteiger partial charge in [-0.1, -0.05) is 0 Å². The van der Waals surface area contributed by atoms with Crippen LogP contribution in [0.3, 0.4) is 0 Å². The van der Waals surface area contributed by atoms with Gasteiger partial charge >= 0.3 is 0 Å². The van der Waals surface area contributed by atoms with E-state index in [9.17, 15) is 0 Å². The van der Waals surface area contributed by atoms with Gasteiger partial charge in [-0.25, -0.2) is 0 Å². The van der Waals surface area contributed by atoms with Crippen LogP contribution in [0, 0.1) is 0 Å². The summed E-state index contributed by atoms with van der Waals surface area (Å²) < 4.78 is 6.22. The lowest BCUT2D eigenvalue weighted by Crippen LogP contribution is -2.24. The van der Waals surface area contributed by atoms with E-state index < -0.39 is 0 Å². The lowest BCUT2D eigenvalue weighted by atomic mass is 10.2. The zero-order valence-corrected chi connectivity index (χ0v) is 17.5. The van der Waals surface area contributed by atoms with E-state index >= 15 is 0 Å². The van der Waals surface area contributed by atoms with E-state index in [1.54, 1.807) is 12.4 Å². The molecule has 0 amide bonds. The molecule has 0 saturated heterocycles. The summed E-state index contributed by atoms with van der Waals surface area (Å²) in [4.78, 5) is 4.07. The first-order valence-electron chi connectivity index (χ1n) is 9.42. The van der Waals surface area contributed by atoms with Gasteiger partial charge in [0.1, 0.15) is 0 Å². The second-order valence-corrected chi connectivity index (χ2v) is 8.12. The Morgan fingerprint density at radius 1 is 1.00 bits per heavy atom. The summed E-state index contributed by atoms with van der Waals surface area (Å²) in [6.07, 6.45) is 9.86. The topological polar surface area (TPSA) is 78.2 Å². The first-order valence-corrected chi connectivity index (χ1v) is 10.6. The Balaban J connectivity index is 1.40. The van der Waals surface area contributed by atoms with Crippen molar-refractivity contribution in [3.05, 3.63) is 49.1 Å². The van der Waals surface area contributed by atoms with Crippen molar-refractivity contribution in [2.75, 3.05) is 0 Å². The molecule has 0 aromatic carbocycles. The molecule has 1 saturated carbocycles. The molecule has 1 fully saturated rings. The van der Waals surface area contributed by atoms with Gasteiger partial charge in [0.05, 0.1) is 0 Å². The lowest BCUT2D eigenvalue weighted by Gasteiger charge is -2.06. The van der Waals surface area contributed by atoms with E-state index in [4.69, 9.17) is 0 Å². The van der Waals surface area contributed by atoms with E-state index in [0.29, 0.717) is 11.2 Å². The SMILES string of the molecule is CCn1c(S[n+]2ccc(-c3nnc(S)n3C3CC3)cc2)nnc1-c1ccncc1. The maximum Gasteiger partial charge on any atom is 0.261 e. The van der Waals surface area contributed by atoms with Crippen LogP contribution in [-0.2, 0) is 6.54 Å². The third-order valence-corrected chi connectivity index (χ3v) is 6.03. The smallest absolute Gasteiger partial charge is 0.261 e. The molecule has 4 aromatic rings. The second-order valence-electron chi connectivity index (χ2n) is 6.75. The van der Waals surface area contributed by atoms with Crippen LogP contribution < -0.4 is 3.97 Å². The van der Waals surface area contributed by atoms with Crippen LogP contribution in [0.1, 0.15) is 25.8 Å². The van der Waals surface area contributed by atoms with Gasteiger partial charge in [0.25, 0.3) is 5.16 Å². The van der Waals surface area contributed by atoms with Gasteiger partial charge in [-0.3, -0.25) is 14.1 Å². The van der Waals surface area contributed by atoms with E-state index in [1.807, 2.05) is 40.6 Å². The summed E-state index contributed by atoms with van der Waals surface area (Å²) in [7, 11) is 0. The van der Waals surface area contributed by atoms with Crippen molar-refractivity contribution in [2.45, 2.75) is 42.7 Å². The predicted molar refractivity (Wildman–Crippen MR) is 111 cm³/mol. The van der Waals surface area contributed by atoms with E-state index in [0.717, 1.165) is 47.3 Å². The Hall–Kier alpha value is -2.72. The molecule has 146 valence electrons. The zero-order chi connectivity index (χ0) is 19.8. The molecule has 0 bridgehead atoms. The molecule has 0 unspecified atom stereocenters. The summed E-state index contributed by atoms with van der Waals surface area (Å²) in [6, 6.07) is 8.44. The number of hydrogen-bond donors (Lipinski definition) is 1. The fraction of sp³-hybridized carbons (Fsp3) is 0.263. The fourth-order valence-corrected chi connectivity index (χ4v) is 4.35. The monoisotopic (exact) mass is 423 g/mol. The van der Waals surface area contributed by atoms with Crippen LogP contribution in [0.5, 0.6) is 0 Å². The zero-order valence-electron chi connectivity index (χ0n) is 15.8. The average Bonchev–Trinajstić information content (AvgIpc) is 3.40. The summed E-state index contributed by atoms with van der Waals surface area (Å²) in [6.45, 7) is 2.87. The van der Waals surface area contributed by atoms with Gasteiger partial charge in [0.2, 0.25) is 11.9 Å². The average molecular weight is 424 g/mol. The van der Waals surface area contributed by atoms with Crippen LogP contribution >= 0.6 is 24.6 Å². The Labute approximate surface area is 177 Å². The minimum atomic E-state index is 0.476. The first kappa shape index (κ1) is 18.3. The molecule has 0 N–H and O–H groups in total. The van der Waals surface area contributed by atoms with Gasteiger partial charge in [-0.05, 0) is 31.9 Å². The molecule has 1 aliphatic carbocycles. The molecular formula is C19H19N8S2+. The van der Waals surface area contributed by atoms with E-state index in [-0.39, 0.29) is 0 Å². The minimum Gasteiger partial charge on any atom is -0.299 e. The van der Waals surface area contributed by atoms with Crippen molar-refractivity contribution >= 4 is 24.6 Å². The highest BCUT2D eigenvalue weighted by molar-refractivity contribution is 7.92. The molecule has 10 heteroatoms. The van der Waals surface area contributed by atoms with Crippen LogP contribution in [0.15, 0.2) is 59.4 Å². The molecule has 8 nitrogen and oxygen atoms in total. The molecule has 29 heavy (non-hydrogen) atoms. The summed E-state index contributed by atoms with van der Waals surface area (Å²) in [5.74, 6) is 1.71. The quantitative estimate of drug-likeness (QED) is 0.379. The van der Waals surface area contributed by atoms with Crippen molar-refractivity contribution in [2.24, 2.45) is 0 Å². The number of rotatable bonds is 6. The Morgan fingerprint density at radius 3 is 2.38 bits per heavy atom. The Bertz CT molecular complexity index is 1130. The third kappa shape index (κ3) is 3.53. The predicted octanol–water partition coefficient (Wildman–Crippen LogP) is 3.09. The number of thiol groups is 1. The lowest BCUT2D eigenvalue weighted by molar-refractivity contribution is -0.494. The summed E-state index contributed by atoms with van der Waals surface area (Å²) in [5, 5.41) is 18.7. The van der Waals surface area contributed by atoms with Crippen molar-refractivity contribution in [1.82, 2.24) is 34.5 Å². The number of pyridine rings is 2. The second kappa shape index (κ2) is 7.60. The van der Waals surface area contributed by atoms with Gasteiger partial charge in [0.15, 0.2) is 29.2 Å². The van der Waals surface area contributed by atoms with Crippen LogP contribution in [0.4, 0.5) is 0 Å². The Kier molecular flexibility index (Phi) is 4.80. The number of hydrogen-bond acceptors (Lipinski definition) is 7. The van der Waals surface area contributed by atoms with Crippen molar-refractivity contribution in [1.29, 1.82) is 0 Å². The standard InChI is InChI=1S/C19H18N8S2/c1-2-26-16(13-5-9-20-10-6-13)21-24-19(26)29-25-11-7-14(8-12-25)17-22-23-18(28)27(17)15-3-4-15/h5-12,15H,2-4H2,1H3/p+1. The van der Waals surface area contributed by atoms with Crippen LogP contribution in [0.2, 0.25) is 0 Å². The molecule has 0 spiro atoms. The summed E-state index contributed by atoms with van der Waals surface area (Å²) >= 11 is 5.97. The molecule has 0 radical (unpaired) electrons. The van der Waals surface area contributed by atoms with Crippen molar-refractivity contribution < 1.29 is 3.97 Å². The summed E-state index contributed by atoms with van der Waals surface area (Å²) in [5.41, 5.74) is 2.03. The van der Waals surface area contributed by atoms with Crippen LogP contribution in [0.25, 0.3) is 22.8 Å². The number of aromatic nitrogens is 8. The minimum absolute atomic E-state index is 0.476. The maximum atomic E-state index is 4.45. The molecule has 4 heterocycles. The largest absolute Gasteiger partial charge is 0.299 e. The molecule has 0 aliphatic heterocycles. The molecule has 5 rings (SSSR count). The molecule has 0 atom stereocenters. The van der Waals surface area contributed by atoms with E-state index in [1.165, 1.54) is 11.9 Å². The van der Waals surface area contributed by atoms with Gasteiger partial charge in [-0.15, -0.1) is 37.0 Å². The molecule has 4 aromatic heterocycles. The molecule has 1 aliphatic rings. The molecular weight excluding hydrogens is 404 g/mol. The fourth-order valence-electron chi connectivity index (χ4n) is 3.22.